The molecule has 18 heavy (non-hydrogen) atoms. The Hall–Kier alpha value is -1.71. The minimum Gasteiger partial charge on any atom is -0.370 e. The number of halogens is 1. The number of guanidine groups is 1. The molecule has 1 rings (SSSR count). The van der Waals surface area contributed by atoms with Crippen molar-refractivity contribution < 1.29 is 21.9 Å². The molecule has 0 unspecified atom stereocenters. The summed E-state index contributed by atoms with van der Waals surface area (Å²) in [5, 5.41) is 0. The van der Waals surface area contributed by atoms with E-state index in [0.29, 0.717) is 13.0 Å². The second-order valence-electron chi connectivity index (χ2n) is 3.13. The van der Waals surface area contributed by atoms with Crippen molar-refractivity contribution >= 4 is 16.4 Å². The predicted molar refractivity (Wildman–Crippen MR) is 65.0 cm³/mol. The molecule has 0 saturated heterocycles. The fourth-order valence-electron chi connectivity index (χ4n) is 1.01. The zero-order valence-corrected chi connectivity index (χ0v) is 10.1. The van der Waals surface area contributed by atoms with Gasteiger partial charge in [-0.2, -0.15) is 8.42 Å². The SMILES string of the molecule is NC(N)=NCCc1cccc(F)c1.O=S(=O)(O)O. The van der Waals surface area contributed by atoms with Crippen LogP contribution in [0.4, 0.5) is 4.39 Å². The van der Waals surface area contributed by atoms with Crippen LogP contribution in [0.25, 0.3) is 0 Å². The van der Waals surface area contributed by atoms with E-state index in [2.05, 4.69) is 4.99 Å². The molecule has 7 nitrogen and oxygen atoms in total. The molecule has 9 heteroatoms. The summed E-state index contributed by atoms with van der Waals surface area (Å²) in [7, 11) is -4.67. The Kier molecular flexibility index (Phi) is 6.86. The van der Waals surface area contributed by atoms with E-state index < -0.39 is 10.4 Å². The summed E-state index contributed by atoms with van der Waals surface area (Å²) in [5.74, 6) is -0.168. The van der Waals surface area contributed by atoms with Crippen molar-refractivity contribution in [3.05, 3.63) is 35.6 Å². The first-order valence-electron chi connectivity index (χ1n) is 4.68. The van der Waals surface area contributed by atoms with E-state index in [1.165, 1.54) is 12.1 Å². The average molecular weight is 279 g/mol. The number of nitrogens with zero attached hydrogens (tertiary/aromatic N) is 1. The van der Waals surface area contributed by atoms with Crippen LogP contribution >= 0.6 is 0 Å². The van der Waals surface area contributed by atoms with Crippen molar-refractivity contribution in [1.82, 2.24) is 0 Å². The first kappa shape index (κ1) is 16.3. The zero-order valence-electron chi connectivity index (χ0n) is 9.32. The molecule has 0 fully saturated rings. The van der Waals surface area contributed by atoms with Gasteiger partial charge in [0.15, 0.2) is 5.96 Å². The summed E-state index contributed by atoms with van der Waals surface area (Å²) in [6, 6.07) is 6.39. The number of hydrogen-bond donors (Lipinski definition) is 4. The molecule has 0 heterocycles. The fraction of sp³-hybridized carbons (Fsp3) is 0.222. The predicted octanol–water partition coefficient (Wildman–Crippen LogP) is -0.0112. The Labute approximate surface area is 104 Å². The van der Waals surface area contributed by atoms with Crippen LogP contribution < -0.4 is 11.5 Å². The van der Waals surface area contributed by atoms with Gasteiger partial charge in [0.2, 0.25) is 0 Å². The van der Waals surface area contributed by atoms with E-state index in [1.54, 1.807) is 6.07 Å². The van der Waals surface area contributed by atoms with Crippen LogP contribution in [-0.4, -0.2) is 30.0 Å². The van der Waals surface area contributed by atoms with E-state index in [1.807, 2.05) is 6.07 Å². The molecule has 0 amide bonds. The van der Waals surface area contributed by atoms with Crippen molar-refractivity contribution in [2.45, 2.75) is 6.42 Å². The van der Waals surface area contributed by atoms with Gasteiger partial charge in [-0.25, -0.2) is 4.39 Å². The van der Waals surface area contributed by atoms with E-state index in [0.717, 1.165) is 5.56 Å². The summed E-state index contributed by atoms with van der Waals surface area (Å²) in [5.41, 5.74) is 11.2. The number of nitrogens with two attached hydrogens (primary N) is 2. The maximum atomic E-state index is 12.7. The van der Waals surface area contributed by atoms with Gasteiger partial charge in [-0.05, 0) is 24.1 Å². The van der Waals surface area contributed by atoms with Crippen molar-refractivity contribution in [1.29, 1.82) is 0 Å². The lowest BCUT2D eigenvalue weighted by Crippen LogP contribution is -2.23. The molecule has 0 aliphatic heterocycles. The van der Waals surface area contributed by atoms with Crippen LogP contribution in [-0.2, 0) is 16.8 Å². The standard InChI is InChI=1S/C9H12FN3.H2O4S/c10-8-3-1-2-7(6-8)4-5-13-9(11)12;1-5(2,3)4/h1-3,6H,4-5H2,(H4,11,12,13);(H2,1,2,3,4). The van der Waals surface area contributed by atoms with Gasteiger partial charge < -0.3 is 11.5 Å². The molecule has 6 N–H and O–H groups in total. The molecule has 0 aliphatic rings. The summed E-state index contributed by atoms with van der Waals surface area (Å²) < 4.78 is 44.3. The number of benzene rings is 1. The third kappa shape index (κ3) is 12.4. The van der Waals surface area contributed by atoms with Gasteiger partial charge in [0.25, 0.3) is 0 Å². The Morgan fingerprint density at radius 1 is 1.33 bits per heavy atom. The van der Waals surface area contributed by atoms with Crippen LogP contribution in [0.3, 0.4) is 0 Å². The van der Waals surface area contributed by atoms with E-state index in [9.17, 15) is 4.39 Å². The van der Waals surface area contributed by atoms with Gasteiger partial charge in [-0.1, -0.05) is 12.1 Å². The summed E-state index contributed by atoms with van der Waals surface area (Å²) in [4.78, 5) is 3.80. The molecular formula is C9H14FN3O4S. The number of rotatable bonds is 3. The van der Waals surface area contributed by atoms with Crippen LogP contribution in [0.5, 0.6) is 0 Å². The van der Waals surface area contributed by atoms with Gasteiger partial charge in [0.1, 0.15) is 5.82 Å². The molecular weight excluding hydrogens is 265 g/mol. The first-order valence-corrected chi connectivity index (χ1v) is 6.08. The summed E-state index contributed by atoms with van der Waals surface area (Å²) in [6.07, 6.45) is 0.648. The Morgan fingerprint density at radius 3 is 2.33 bits per heavy atom. The lowest BCUT2D eigenvalue weighted by Gasteiger charge is -1.98. The van der Waals surface area contributed by atoms with E-state index in [-0.39, 0.29) is 11.8 Å². The third-order valence-electron chi connectivity index (χ3n) is 1.58. The highest BCUT2D eigenvalue weighted by atomic mass is 32.3. The van der Waals surface area contributed by atoms with Gasteiger partial charge in [-0.15, -0.1) is 0 Å². The maximum Gasteiger partial charge on any atom is 0.394 e. The normalized spacial score (nSPS) is 10.2. The minimum atomic E-state index is -4.67. The molecule has 0 saturated carbocycles. The van der Waals surface area contributed by atoms with Crippen LogP contribution in [0.15, 0.2) is 29.3 Å². The van der Waals surface area contributed by atoms with Crippen LogP contribution in [0, 0.1) is 5.82 Å². The van der Waals surface area contributed by atoms with Gasteiger partial charge in [0, 0.05) is 6.54 Å². The molecule has 1 aromatic rings. The minimum absolute atomic E-state index is 0.0661. The first-order chi connectivity index (χ1) is 8.18. The number of aliphatic imine (C=N–C) groups is 1. The lowest BCUT2D eigenvalue weighted by atomic mass is 10.1. The lowest BCUT2D eigenvalue weighted by molar-refractivity contribution is 0.381. The smallest absolute Gasteiger partial charge is 0.370 e. The summed E-state index contributed by atoms with van der Waals surface area (Å²) in [6.45, 7) is 0.492. The highest BCUT2D eigenvalue weighted by Gasteiger charge is 1.93. The summed E-state index contributed by atoms with van der Waals surface area (Å²) >= 11 is 0. The van der Waals surface area contributed by atoms with Crippen molar-refractivity contribution in [2.75, 3.05) is 6.54 Å². The Bertz CT molecular complexity index is 492. The van der Waals surface area contributed by atoms with Crippen molar-refractivity contribution in [3.63, 3.8) is 0 Å². The van der Waals surface area contributed by atoms with Gasteiger partial charge >= 0.3 is 10.4 Å². The Morgan fingerprint density at radius 2 is 1.89 bits per heavy atom. The van der Waals surface area contributed by atoms with Gasteiger partial charge in [0.05, 0.1) is 0 Å². The highest BCUT2D eigenvalue weighted by molar-refractivity contribution is 7.79. The molecule has 1 aromatic carbocycles. The average Bonchev–Trinajstić information content (AvgIpc) is 2.14. The monoisotopic (exact) mass is 279 g/mol. The molecule has 0 radical (unpaired) electrons. The maximum absolute atomic E-state index is 12.7. The molecule has 0 spiro atoms. The van der Waals surface area contributed by atoms with Crippen molar-refractivity contribution in [2.24, 2.45) is 16.5 Å². The molecule has 0 bridgehead atoms. The molecule has 0 aliphatic carbocycles. The Balaban J connectivity index is 0.000000494. The van der Waals surface area contributed by atoms with Crippen molar-refractivity contribution in [3.8, 4) is 0 Å². The fourth-order valence-corrected chi connectivity index (χ4v) is 1.01. The molecule has 0 atom stereocenters. The van der Waals surface area contributed by atoms with Crippen LogP contribution in [0.2, 0.25) is 0 Å². The van der Waals surface area contributed by atoms with Crippen LogP contribution in [0.1, 0.15) is 5.56 Å². The highest BCUT2D eigenvalue weighted by Crippen LogP contribution is 2.03. The second-order valence-corrected chi connectivity index (χ2v) is 4.03. The largest absolute Gasteiger partial charge is 0.394 e. The van der Waals surface area contributed by atoms with E-state index >= 15 is 0 Å². The third-order valence-corrected chi connectivity index (χ3v) is 1.58. The molecule has 0 aromatic heterocycles. The quantitative estimate of drug-likeness (QED) is 0.348. The number of hydrogen-bond acceptors (Lipinski definition) is 3. The topological polar surface area (TPSA) is 139 Å². The molecule has 102 valence electrons. The zero-order chi connectivity index (χ0) is 14.2. The van der Waals surface area contributed by atoms with E-state index in [4.69, 9.17) is 29.0 Å². The van der Waals surface area contributed by atoms with Gasteiger partial charge in [-0.3, -0.25) is 14.1 Å². The second kappa shape index (κ2) is 7.58.